The van der Waals surface area contributed by atoms with Gasteiger partial charge in [-0.15, -0.1) is 0 Å². The molecule has 0 spiro atoms. The van der Waals surface area contributed by atoms with Crippen molar-refractivity contribution in [1.82, 2.24) is 4.98 Å². The van der Waals surface area contributed by atoms with Crippen molar-refractivity contribution >= 4 is 12.2 Å². The van der Waals surface area contributed by atoms with Gasteiger partial charge in [-0.05, 0) is 35.9 Å². The zero-order chi connectivity index (χ0) is 12.6. The van der Waals surface area contributed by atoms with Crippen molar-refractivity contribution in [3.05, 3.63) is 72.1 Å². The molecule has 1 aromatic heterocycles. The Labute approximate surface area is 107 Å². The Balaban J connectivity index is 2.01. The number of aromatic nitrogens is 1. The van der Waals surface area contributed by atoms with E-state index in [2.05, 4.69) is 4.98 Å². The third kappa shape index (κ3) is 3.59. The zero-order valence-corrected chi connectivity index (χ0v) is 10.3. The van der Waals surface area contributed by atoms with Crippen LogP contribution in [-0.4, -0.2) is 12.1 Å². The van der Waals surface area contributed by atoms with Crippen LogP contribution in [0.25, 0.3) is 12.2 Å². The van der Waals surface area contributed by atoms with Crippen LogP contribution < -0.4 is 4.74 Å². The van der Waals surface area contributed by atoms with Crippen LogP contribution in [0.5, 0.6) is 5.75 Å². The molecule has 0 N–H and O–H groups in total. The molecular weight excluding hydrogens is 222 g/mol. The summed E-state index contributed by atoms with van der Waals surface area (Å²) < 4.78 is 5.17. The van der Waals surface area contributed by atoms with Gasteiger partial charge in [-0.3, -0.25) is 4.98 Å². The van der Waals surface area contributed by atoms with Crippen LogP contribution >= 0.6 is 0 Å². The summed E-state index contributed by atoms with van der Waals surface area (Å²) in [4.78, 5) is 4.21. The van der Waals surface area contributed by atoms with Crippen molar-refractivity contribution in [2.75, 3.05) is 7.11 Å². The molecule has 0 bridgehead atoms. The van der Waals surface area contributed by atoms with Crippen molar-refractivity contribution in [2.24, 2.45) is 0 Å². The molecule has 90 valence electrons. The van der Waals surface area contributed by atoms with Crippen LogP contribution in [0.2, 0.25) is 0 Å². The summed E-state index contributed by atoms with van der Waals surface area (Å²) in [5, 5.41) is 0. The number of rotatable bonds is 4. The Hall–Kier alpha value is -2.35. The monoisotopic (exact) mass is 237 g/mol. The van der Waals surface area contributed by atoms with Crippen LogP contribution in [0, 0.1) is 0 Å². The predicted molar refractivity (Wildman–Crippen MR) is 75.3 cm³/mol. The lowest BCUT2D eigenvalue weighted by Gasteiger charge is -1.99. The van der Waals surface area contributed by atoms with Crippen molar-refractivity contribution in [1.29, 1.82) is 0 Å². The Morgan fingerprint density at radius 3 is 2.67 bits per heavy atom. The smallest absolute Gasteiger partial charge is 0.119 e. The van der Waals surface area contributed by atoms with Gasteiger partial charge in [-0.1, -0.05) is 36.4 Å². The van der Waals surface area contributed by atoms with E-state index < -0.39 is 0 Å². The van der Waals surface area contributed by atoms with Crippen molar-refractivity contribution < 1.29 is 4.74 Å². The highest BCUT2D eigenvalue weighted by molar-refractivity contribution is 5.56. The third-order valence-electron chi connectivity index (χ3n) is 2.45. The molecule has 0 aliphatic heterocycles. The molecule has 2 heteroatoms. The first-order valence-corrected chi connectivity index (χ1v) is 5.78. The fourth-order valence-corrected chi connectivity index (χ4v) is 1.54. The number of hydrogen-bond donors (Lipinski definition) is 0. The van der Waals surface area contributed by atoms with E-state index >= 15 is 0 Å². The minimum absolute atomic E-state index is 0.867. The maximum atomic E-state index is 5.17. The first kappa shape index (κ1) is 12.1. The van der Waals surface area contributed by atoms with Gasteiger partial charge in [0.2, 0.25) is 0 Å². The second kappa shape index (κ2) is 6.40. The molecule has 0 radical (unpaired) electrons. The number of nitrogens with zero attached hydrogens (tertiary/aromatic N) is 1. The van der Waals surface area contributed by atoms with Crippen LogP contribution in [0.3, 0.4) is 0 Å². The van der Waals surface area contributed by atoms with Gasteiger partial charge >= 0.3 is 0 Å². The molecule has 18 heavy (non-hydrogen) atoms. The minimum atomic E-state index is 0.867. The number of methoxy groups -OCH3 is 1. The van der Waals surface area contributed by atoms with Gasteiger partial charge in [0.25, 0.3) is 0 Å². The number of benzene rings is 1. The topological polar surface area (TPSA) is 22.1 Å². The fourth-order valence-electron chi connectivity index (χ4n) is 1.54. The normalized spacial score (nSPS) is 11.2. The molecule has 0 amide bonds. The summed E-state index contributed by atoms with van der Waals surface area (Å²) in [7, 11) is 1.67. The molecule has 0 fully saturated rings. The van der Waals surface area contributed by atoms with Gasteiger partial charge in [-0.25, -0.2) is 0 Å². The van der Waals surface area contributed by atoms with Crippen LogP contribution in [0.15, 0.2) is 60.8 Å². The molecule has 0 unspecified atom stereocenters. The first-order chi connectivity index (χ1) is 8.88. The highest BCUT2D eigenvalue weighted by Crippen LogP contribution is 2.13. The number of allylic oxidation sites excluding steroid dienone is 2. The van der Waals surface area contributed by atoms with E-state index in [4.69, 9.17) is 4.74 Å². The molecule has 2 nitrogen and oxygen atoms in total. The fraction of sp³-hybridized carbons (Fsp3) is 0.0625. The van der Waals surface area contributed by atoms with E-state index in [1.165, 1.54) is 0 Å². The van der Waals surface area contributed by atoms with Gasteiger partial charge in [0.05, 0.1) is 12.8 Å². The van der Waals surface area contributed by atoms with Gasteiger partial charge in [0.15, 0.2) is 0 Å². The zero-order valence-electron chi connectivity index (χ0n) is 10.3. The van der Waals surface area contributed by atoms with E-state index in [1.54, 1.807) is 13.3 Å². The summed E-state index contributed by atoms with van der Waals surface area (Å²) in [5.74, 6) is 0.867. The van der Waals surface area contributed by atoms with Crippen LogP contribution in [-0.2, 0) is 0 Å². The summed E-state index contributed by atoms with van der Waals surface area (Å²) >= 11 is 0. The van der Waals surface area contributed by atoms with Gasteiger partial charge < -0.3 is 4.74 Å². The Kier molecular flexibility index (Phi) is 4.31. The van der Waals surface area contributed by atoms with Crippen LogP contribution in [0.1, 0.15) is 11.3 Å². The number of pyridine rings is 1. The number of ether oxygens (including phenoxy) is 1. The SMILES string of the molecule is COc1cccc(C=CC=Cc2ccccn2)c1. The average Bonchev–Trinajstić information content (AvgIpc) is 2.45. The predicted octanol–water partition coefficient (Wildman–Crippen LogP) is 3.82. The molecule has 0 aliphatic carbocycles. The summed E-state index contributed by atoms with van der Waals surface area (Å²) in [6.45, 7) is 0. The molecule has 2 aromatic rings. The summed E-state index contributed by atoms with van der Waals surface area (Å²) in [5.41, 5.74) is 2.06. The molecule has 0 saturated heterocycles. The maximum absolute atomic E-state index is 5.17. The molecule has 1 heterocycles. The van der Waals surface area contributed by atoms with Crippen molar-refractivity contribution in [3.63, 3.8) is 0 Å². The Bertz CT molecular complexity index is 544. The lowest BCUT2D eigenvalue weighted by atomic mass is 10.2. The van der Waals surface area contributed by atoms with Crippen molar-refractivity contribution in [2.45, 2.75) is 0 Å². The largest absolute Gasteiger partial charge is 0.497 e. The lowest BCUT2D eigenvalue weighted by Crippen LogP contribution is -1.81. The third-order valence-corrected chi connectivity index (χ3v) is 2.45. The average molecular weight is 237 g/mol. The highest BCUT2D eigenvalue weighted by atomic mass is 16.5. The van der Waals surface area contributed by atoms with Gasteiger partial charge in [-0.2, -0.15) is 0 Å². The Morgan fingerprint density at radius 1 is 1.00 bits per heavy atom. The van der Waals surface area contributed by atoms with Gasteiger partial charge in [0.1, 0.15) is 5.75 Å². The van der Waals surface area contributed by atoms with Gasteiger partial charge in [0, 0.05) is 6.20 Å². The molecule has 0 saturated carbocycles. The molecule has 2 rings (SSSR count). The van der Waals surface area contributed by atoms with E-state index in [1.807, 2.05) is 66.8 Å². The first-order valence-electron chi connectivity index (χ1n) is 5.78. The second-order valence-corrected chi connectivity index (χ2v) is 3.75. The van der Waals surface area contributed by atoms with E-state index in [-0.39, 0.29) is 0 Å². The molecular formula is C16H15NO. The summed E-state index contributed by atoms with van der Waals surface area (Å²) in [6.07, 6.45) is 9.75. The van der Waals surface area contributed by atoms with E-state index in [0.717, 1.165) is 17.0 Å². The molecule has 0 atom stereocenters. The summed E-state index contributed by atoms with van der Waals surface area (Å²) in [6, 6.07) is 13.8. The highest BCUT2D eigenvalue weighted by Gasteiger charge is 1.90. The maximum Gasteiger partial charge on any atom is 0.119 e. The molecule has 0 aliphatic rings. The quantitative estimate of drug-likeness (QED) is 0.754. The number of hydrogen-bond acceptors (Lipinski definition) is 2. The Morgan fingerprint density at radius 2 is 1.89 bits per heavy atom. The van der Waals surface area contributed by atoms with E-state index in [0.29, 0.717) is 0 Å². The van der Waals surface area contributed by atoms with Crippen molar-refractivity contribution in [3.8, 4) is 5.75 Å². The molecule has 1 aromatic carbocycles. The lowest BCUT2D eigenvalue weighted by molar-refractivity contribution is 0.414. The minimum Gasteiger partial charge on any atom is -0.497 e. The standard InChI is InChI=1S/C16H15NO/c1-18-16-11-6-8-14(13-16)7-2-3-9-15-10-4-5-12-17-15/h2-13H,1H3. The second-order valence-electron chi connectivity index (χ2n) is 3.75. The van der Waals surface area contributed by atoms with E-state index in [9.17, 15) is 0 Å². The van der Waals surface area contributed by atoms with Crippen LogP contribution in [0.4, 0.5) is 0 Å².